The van der Waals surface area contributed by atoms with Crippen LogP contribution in [0.15, 0.2) is 64.8 Å². The number of methoxy groups -OCH3 is 1. The standard InChI is InChI=1S/C26H27N3O4S/c1-32-22-10-6-5-9-20(22)21-16-34-26-24(21)25(31)27-23(28-26)14-29(17-11-12-17)13-18(30)15-33-19-7-3-2-4-8-19/h2-10,16-18,30H,11-15H2,1H3,(H,27,28,31). The quantitative estimate of drug-likeness (QED) is 0.358. The molecule has 1 fully saturated rings. The Kier molecular flexibility index (Phi) is 6.62. The van der Waals surface area contributed by atoms with Gasteiger partial charge in [0, 0.05) is 29.1 Å². The van der Waals surface area contributed by atoms with E-state index in [-0.39, 0.29) is 12.2 Å². The molecular formula is C26H27N3O4S. The molecular weight excluding hydrogens is 450 g/mol. The van der Waals surface area contributed by atoms with Crippen molar-refractivity contribution in [1.29, 1.82) is 0 Å². The van der Waals surface area contributed by atoms with E-state index in [9.17, 15) is 9.90 Å². The molecule has 7 nitrogen and oxygen atoms in total. The molecule has 4 aromatic rings. The number of hydrogen-bond acceptors (Lipinski definition) is 7. The van der Waals surface area contributed by atoms with Gasteiger partial charge in [-0.3, -0.25) is 9.69 Å². The highest BCUT2D eigenvalue weighted by Crippen LogP contribution is 2.36. The minimum atomic E-state index is -0.643. The van der Waals surface area contributed by atoms with Gasteiger partial charge in [-0.1, -0.05) is 36.4 Å². The number of benzene rings is 2. The molecule has 34 heavy (non-hydrogen) atoms. The maximum absolute atomic E-state index is 13.1. The summed E-state index contributed by atoms with van der Waals surface area (Å²) in [5, 5.41) is 13.1. The van der Waals surface area contributed by atoms with Gasteiger partial charge in [0.2, 0.25) is 0 Å². The molecule has 0 aliphatic heterocycles. The molecule has 1 aliphatic carbocycles. The second kappa shape index (κ2) is 9.97. The Labute approximate surface area is 201 Å². The van der Waals surface area contributed by atoms with Gasteiger partial charge in [-0.2, -0.15) is 0 Å². The fourth-order valence-electron chi connectivity index (χ4n) is 4.14. The van der Waals surface area contributed by atoms with E-state index >= 15 is 0 Å². The minimum Gasteiger partial charge on any atom is -0.496 e. The lowest BCUT2D eigenvalue weighted by molar-refractivity contribution is 0.0617. The number of thiophene rings is 1. The highest BCUT2D eigenvalue weighted by atomic mass is 32.1. The number of nitrogens with one attached hydrogen (secondary N) is 1. The first-order chi connectivity index (χ1) is 16.6. The Morgan fingerprint density at radius 1 is 1.15 bits per heavy atom. The van der Waals surface area contributed by atoms with Crippen LogP contribution >= 0.6 is 11.3 Å². The van der Waals surface area contributed by atoms with Crippen LogP contribution in [0, 0.1) is 0 Å². The van der Waals surface area contributed by atoms with E-state index in [2.05, 4.69) is 9.88 Å². The fourth-order valence-corrected chi connectivity index (χ4v) is 5.10. The summed E-state index contributed by atoms with van der Waals surface area (Å²) in [6.07, 6.45) is 1.51. The number of rotatable bonds is 10. The fraction of sp³-hybridized carbons (Fsp3) is 0.308. The van der Waals surface area contributed by atoms with Crippen molar-refractivity contribution in [2.75, 3.05) is 20.3 Å². The number of hydrogen-bond donors (Lipinski definition) is 2. The lowest BCUT2D eigenvalue weighted by atomic mass is 10.1. The number of para-hydroxylation sites is 2. The normalized spacial score (nSPS) is 14.4. The van der Waals surface area contributed by atoms with Gasteiger partial charge in [-0.25, -0.2) is 4.98 Å². The van der Waals surface area contributed by atoms with E-state index in [0.717, 1.165) is 35.5 Å². The van der Waals surface area contributed by atoms with Gasteiger partial charge in [-0.15, -0.1) is 11.3 Å². The van der Waals surface area contributed by atoms with Gasteiger partial charge < -0.3 is 19.6 Å². The Bertz CT molecular complexity index is 1320. The summed E-state index contributed by atoms with van der Waals surface area (Å²) in [6, 6.07) is 17.5. The maximum atomic E-state index is 13.1. The number of fused-ring (bicyclic) bond motifs is 1. The zero-order valence-electron chi connectivity index (χ0n) is 18.9. The first-order valence-corrected chi connectivity index (χ1v) is 12.2. The van der Waals surface area contributed by atoms with E-state index in [1.165, 1.54) is 11.3 Å². The summed E-state index contributed by atoms with van der Waals surface area (Å²) in [6.45, 7) is 1.14. The van der Waals surface area contributed by atoms with Crippen molar-refractivity contribution in [1.82, 2.24) is 14.9 Å². The second-order valence-corrected chi connectivity index (χ2v) is 9.34. The first kappa shape index (κ1) is 22.6. The van der Waals surface area contributed by atoms with Gasteiger partial charge in [-0.05, 0) is 31.0 Å². The molecule has 176 valence electrons. The molecule has 1 unspecified atom stereocenters. The molecule has 2 aromatic heterocycles. The lowest BCUT2D eigenvalue weighted by Crippen LogP contribution is -2.37. The second-order valence-electron chi connectivity index (χ2n) is 8.48. The van der Waals surface area contributed by atoms with Crippen LogP contribution in [0.5, 0.6) is 11.5 Å². The lowest BCUT2D eigenvalue weighted by Gasteiger charge is -2.24. The van der Waals surface area contributed by atoms with Crippen molar-refractivity contribution in [3.05, 3.63) is 76.2 Å². The Hall–Kier alpha value is -3.20. The largest absolute Gasteiger partial charge is 0.496 e. The van der Waals surface area contributed by atoms with Crippen molar-refractivity contribution in [2.24, 2.45) is 0 Å². The summed E-state index contributed by atoms with van der Waals surface area (Å²) < 4.78 is 11.2. The summed E-state index contributed by atoms with van der Waals surface area (Å²) in [5.41, 5.74) is 1.54. The van der Waals surface area contributed by atoms with Crippen LogP contribution in [0.3, 0.4) is 0 Å². The molecule has 1 saturated carbocycles. The van der Waals surface area contributed by atoms with Crippen molar-refractivity contribution in [2.45, 2.75) is 31.5 Å². The number of aromatic amines is 1. The highest BCUT2D eigenvalue weighted by Gasteiger charge is 2.31. The summed E-state index contributed by atoms with van der Waals surface area (Å²) in [7, 11) is 1.62. The molecule has 0 bridgehead atoms. The maximum Gasteiger partial charge on any atom is 0.260 e. The Balaban J connectivity index is 1.33. The van der Waals surface area contributed by atoms with Crippen molar-refractivity contribution in [3.8, 4) is 22.6 Å². The van der Waals surface area contributed by atoms with Gasteiger partial charge in [0.15, 0.2) is 0 Å². The van der Waals surface area contributed by atoms with Crippen LogP contribution in [0.1, 0.15) is 18.7 Å². The van der Waals surface area contributed by atoms with E-state index < -0.39 is 6.10 Å². The van der Waals surface area contributed by atoms with Crippen LogP contribution in [0.2, 0.25) is 0 Å². The van der Waals surface area contributed by atoms with E-state index in [0.29, 0.717) is 35.2 Å². The van der Waals surface area contributed by atoms with Crippen molar-refractivity contribution in [3.63, 3.8) is 0 Å². The average Bonchev–Trinajstić information content (AvgIpc) is 3.62. The van der Waals surface area contributed by atoms with Crippen LogP contribution in [0.25, 0.3) is 21.3 Å². The molecule has 5 rings (SSSR count). The van der Waals surface area contributed by atoms with Gasteiger partial charge in [0.25, 0.3) is 5.56 Å². The van der Waals surface area contributed by atoms with Crippen LogP contribution in [-0.4, -0.2) is 52.4 Å². The van der Waals surface area contributed by atoms with Crippen LogP contribution < -0.4 is 15.0 Å². The molecule has 0 saturated heterocycles. The van der Waals surface area contributed by atoms with Gasteiger partial charge >= 0.3 is 0 Å². The SMILES string of the molecule is COc1ccccc1-c1csc2nc(CN(CC(O)COc3ccccc3)C3CC3)[nH]c(=O)c12. The predicted octanol–water partition coefficient (Wildman–Crippen LogP) is 4.06. The molecule has 1 aliphatic rings. The topological polar surface area (TPSA) is 87.7 Å². The summed E-state index contributed by atoms with van der Waals surface area (Å²) in [4.78, 5) is 23.7. The van der Waals surface area contributed by atoms with Gasteiger partial charge in [0.1, 0.15) is 34.9 Å². The number of nitrogens with zero attached hydrogens (tertiary/aromatic N) is 2. The Morgan fingerprint density at radius 3 is 2.68 bits per heavy atom. The number of H-pyrrole nitrogens is 1. The minimum absolute atomic E-state index is 0.161. The molecule has 2 heterocycles. The third kappa shape index (κ3) is 4.99. The zero-order valence-corrected chi connectivity index (χ0v) is 19.8. The van der Waals surface area contributed by atoms with Gasteiger partial charge in [0.05, 0.1) is 19.0 Å². The van der Waals surface area contributed by atoms with Crippen LogP contribution in [-0.2, 0) is 6.54 Å². The summed E-state index contributed by atoms with van der Waals surface area (Å²) >= 11 is 1.45. The molecule has 2 aromatic carbocycles. The molecule has 0 amide bonds. The van der Waals surface area contributed by atoms with Crippen LogP contribution in [0.4, 0.5) is 0 Å². The molecule has 0 spiro atoms. The number of aliphatic hydroxyl groups excluding tert-OH is 1. The third-order valence-electron chi connectivity index (χ3n) is 5.94. The molecule has 0 radical (unpaired) electrons. The highest BCUT2D eigenvalue weighted by molar-refractivity contribution is 7.17. The molecule has 2 N–H and O–H groups in total. The van der Waals surface area contributed by atoms with Crippen molar-refractivity contribution < 1.29 is 14.6 Å². The zero-order chi connectivity index (χ0) is 23.5. The number of aromatic nitrogens is 2. The predicted molar refractivity (Wildman–Crippen MR) is 134 cm³/mol. The summed E-state index contributed by atoms with van der Waals surface area (Å²) in [5.74, 6) is 2.06. The third-order valence-corrected chi connectivity index (χ3v) is 6.81. The molecule has 8 heteroatoms. The van der Waals surface area contributed by atoms with E-state index in [1.54, 1.807) is 7.11 Å². The van der Waals surface area contributed by atoms with E-state index in [1.807, 2.05) is 60.0 Å². The monoisotopic (exact) mass is 477 g/mol. The first-order valence-electron chi connectivity index (χ1n) is 11.4. The number of ether oxygens (including phenoxy) is 2. The smallest absolute Gasteiger partial charge is 0.260 e. The Morgan fingerprint density at radius 2 is 1.91 bits per heavy atom. The molecule has 1 atom stereocenters. The van der Waals surface area contributed by atoms with Crippen molar-refractivity contribution >= 4 is 21.6 Å². The van der Waals surface area contributed by atoms with E-state index in [4.69, 9.17) is 14.5 Å². The average molecular weight is 478 g/mol. The number of aliphatic hydroxyl groups is 1.